The van der Waals surface area contributed by atoms with Crippen LogP contribution in [0.2, 0.25) is 0 Å². The van der Waals surface area contributed by atoms with Gasteiger partial charge in [0.05, 0.1) is 0 Å². The molecular weight excluding hydrogens is 256 g/mol. The van der Waals surface area contributed by atoms with Crippen LogP contribution in [-0.2, 0) is 0 Å². The highest BCUT2D eigenvalue weighted by atomic mass is 16.7. The predicted molar refractivity (Wildman–Crippen MR) is 76.1 cm³/mol. The molecule has 20 heavy (non-hydrogen) atoms. The van der Waals surface area contributed by atoms with Crippen molar-refractivity contribution in [3.8, 4) is 11.5 Å². The third-order valence-corrected chi connectivity index (χ3v) is 3.13. The van der Waals surface area contributed by atoms with Gasteiger partial charge in [-0.3, -0.25) is 4.79 Å². The fourth-order valence-electron chi connectivity index (χ4n) is 2.11. The first-order chi connectivity index (χ1) is 9.63. The number of nitrogen functional groups attached to an aromatic ring is 1. The molecule has 5 heteroatoms. The Hall–Kier alpha value is -2.69. The average Bonchev–Trinajstić information content (AvgIpc) is 2.85. The van der Waals surface area contributed by atoms with Gasteiger partial charge in [0, 0.05) is 23.0 Å². The molecule has 0 bridgehead atoms. The zero-order valence-electron chi connectivity index (χ0n) is 11.0. The lowest BCUT2D eigenvalue weighted by atomic mass is 10.1. The number of carbonyl (C=O) groups is 1. The molecule has 3 N–H and O–H groups in total. The van der Waals surface area contributed by atoms with Crippen LogP contribution in [0.15, 0.2) is 36.4 Å². The van der Waals surface area contributed by atoms with Crippen LogP contribution >= 0.6 is 0 Å². The van der Waals surface area contributed by atoms with Crippen molar-refractivity contribution in [1.82, 2.24) is 0 Å². The molecule has 1 aliphatic rings. The van der Waals surface area contributed by atoms with Gasteiger partial charge in [-0.2, -0.15) is 0 Å². The van der Waals surface area contributed by atoms with E-state index < -0.39 is 0 Å². The summed E-state index contributed by atoms with van der Waals surface area (Å²) in [4.78, 5) is 12.2. The number of amides is 1. The SMILES string of the molecule is Cc1cc(N)ccc1C(=O)Nc1ccc2c(c1)OCO2. The maximum atomic E-state index is 12.2. The summed E-state index contributed by atoms with van der Waals surface area (Å²) in [5, 5.41) is 2.83. The molecule has 2 aromatic rings. The predicted octanol–water partition coefficient (Wildman–Crippen LogP) is 2.56. The first-order valence-corrected chi connectivity index (χ1v) is 6.20. The van der Waals surface area contributed by atoms with Crippen LogP contribution in [0.25, 0.3) is 0 Å². The molecule has 0 atom stereocenters. The first-order valence-electron chi connectivity index (χ1n) is 6.20. The molecule has 1 aliphatic heterocycles. The second-order valence-electron chi connectivity index (χ2n) is 4.60. The number of ether oxygens (including phenoxy) is 2. The minimum Gasteiger partial charge on any atom is -0.454 e. The molecule has 0 aromatic heterocycles. The van der Waals surface area contributed by atoms with E-state index in [0.29, 0.717) is 28.4 Å². The van der Waals surface area contributed by atoms with Crippen molar-refractivity contribution in [2.75, 3.05) is 17.8 Å². The highest BCUT2D eigenvalue weighted by Crippen LogP contribution is 2.34. The molecule has 0 fully saturated rings. The molecule has 0 spiro atoms. The number of anilines is 2. The lowest BCUT2D eigenvalue weighted by molar-refractivity contribution is 0.102. The molecule has 0 unspecified atom stereocenters. The maximum Gasteiger partial charge on any atom is 0.255 e. The summed E-state index contributed by atoms with van der Waals surface area (Å²) in [6.45, 7) is 2.06. The lowest BCUT2D eigenvalue weighted by Crippen LogP contribution is -2.13. The Morgan fingerprint density at radius 1 is 1.15 bits per heavy atom. The number of hydrogen-bond donors (Lipinski definition) is 2. The Labute approximate surface area is 116 Å². The van der Waals surface area contributed by atoms with Gasteiger partial charge in [-0.05, 0) is 42.8 Å². The van der Waals surface area contributed by atoms with Crippen LogP contribution < -0.4 is 20.5 Å². The molecule has 1 heterocycles. The van der Waals surface area contributed by atoms with E-state index in [-0.39, 0.29) is 12.7 Å². The fraction of sp³-hybridized carbons (Fsp3) is 0.133. The van der Waals surface area contributed by atoms with Crippen LogP contribution in [0.5, 0.6) is 11.5 Å². The number of fused-ring (bicyclic) bond motifs is 1. The quantitative estimate of drug-likeness (QED) is 0.822. The van der Waals surface area contributed by atoms with Gasteiger partial charge in [-0.15, -0.1) is 0 Å². The molecule has 3 rings (SSSR count). The van der Waals surface area contributed by atoms with E-state index in [4.69, 9.17) is 15.2 Å². The first kappa shape index (κ1) is 12.3. The smallest absolute Gasteiger partial charge is 0.255 e. The number of hydrogen-bond acceptors (Lipinski definition) is 4. The lowest BCUT2D eigenvalue weighted by Gasteiger charge is -2.09. The third-order valence-electron chi connectivity index (χ3n) is 3.13. The summed E-state index contributed by atoms with van der Waals surface area (Å²) in [6, 6.07) is 10.5. The van der Waals surface area contributed by atoms with Crippen molar-refractivity contribution >= 4 is 17.3 Å². The van der Waals surface area contributed by atoms with Gasteiger partial charge in [0.2, 0.25) is 6.79 Å². The van der Waals surface area contributed by atoms with Gasteiger partial charge in [0.1, 0.15) is 0 Å². The zero-order valence-corrected chi connectivity index (χ0v) is 11.0. The second-order valence-corrected chi connectivity index (χ2v) is 4.60. The summed E-state index contributed by atoms with van der Waals surface area (Å²) < 4.78 is 10.5. The van der Waals surface area contributed by atoms with Gasteiger partial charge in [-0.25, -0.2) is 0 Å². The van der Waals surface area contributed by atoms with E-state index in [1.165, 1.54) is 0 Å². The van der Waals surface area contributed by atoms with Crippen molar-refractivity contribution < 1.29 is 14.3 Å². The molecular formula is C15H14N2O3. The molecule has 2 aromatic carbocycles. The third kappa shape index (κ3) is 2.25. The van der Waals surface area contributed by atoms with Gasteiger partial charge < -0.3 is 20.5 Å². The van der Waals surface area contributed by atoms with Crippen molar-refractivity contribution in [2.45, 2.75) is 6.92 Å². The minimum absolute atomic E-state index is 0.179. The topological polar surface area (TPSA) is 73.6 Å². The summed E-state index contributed by atoms with van der Waals surface area (Å²) in [6.07, 6.45) is 0. The van der Waals surface area contributed by atoms with Crippen LogP contribution in [-0.4, -0.2) is 12.7 Å². The monoisotopic (exact) mass is 270 g/mol. The Kier molecular flexibility index (Phi) is 2.95. The fourth-order valence-corrected chi connectivity index (χ4v) is 2.11. The van der Waals surface area contributed by atoms with Gasteiger partial charge in [0.25, 0.3) is 5.91 Å². The Morgan fingerprint density at radius 2 is 1.95 bits per heavy atom. The normalized spacial score (nSPS) is 12.2. The number of carbonyl (C=O) groups excluding carboxylic acids is 1. The number of aryl methyl sites for hydroxylation is 1. The number of benzene rings is 2. The molecule has 0 saturated carbocycles. The van der Waals surface area contributed by atoms with E-state index in [1.54, 1.807) is 36.4 Å². The standard InChI is InChI=1S/C15H14N2O3/c1-9-6-10(16)2-4-12(9)15(18)17-11-3-5-13-14(7-11)20-8-19-13/h2-7H,8,16H2,1H3,(H,17,18). The van der Waals surface area contributed by atoms with Gasteiger partial charge in [0.15, 0.2) is 11.5 Å². The van der Waals surface area contributed by atoms with E-state index in [0.717, 1.165) is 5.56 Å². The van der Waals surface area contributed by atoms with Crippen molar-refractivity contribution in [1.29, 1.82) is 0 Å². The average molecular weight is 270 g/mol. The largest absolute Gasteiger partial charge is 0.454 e. The highest BCUT2D eigenvalue weighted by Gasteiger charge is 2.15. The van der Waals surface area contributed by atoms with Crippen LogP contribution in [0.3, 0.4) is 0 Å². The zero-order chi connectivity index (χ0) is 14.1. The van der Waals surface area contributed by atoms with Gasteiger partial charge in [-0.1, -0.05) is 0 Å². The summed E-state index contributed by atoms with van der Waals surface area (Å²) in [5.41, 5.74) is 8.41. The molecule has 5 nitrogen and oxygen atoms in total. The molecule has 0 aliphatic carbocycles. The van der Waals surface area contributed by atoms with Crippen LogP contribution in [0.4, 0.5) is 11.4 Å². The van der Waals surface area contributed by atoms with Crippen LogP contribution in [0, 0.1) is 6.92 Å². The molecule has 0 radical (unpaired) electrons. The second kappa shape index (κ2) is 4.77. The number of rotatable bonds is 2. The van der Waals surface area contributed by atoms with E-state index in [2.05, 4.69) is 5.32 Å². The van der Waals surface area contributed by atoms with Crippen molar-refractivity contribution in [3.05, 3.63) is 47.5 Å². The number of nitrogens with one attached hydrogen (secondary N) is 1. The maximum absolute atomic E-state index is 12.2. The Bertz CT molecular complexity index is 683. The van der Waals surface area contributed by atoms with Crippen LogP contribution in [0.1, 0.15) is 15.9 Å². The van der Waals surface area contributed by atoms with Crippen molar-refractivity contribution in [3.63, 3.8) is 0 Å². The Balaban J connectivity index is 1.82. The van der Waals surface area contributed by atoms with E-state index >= 15 is 0 Å². The summed E-state index contributed by atoms with van der Waals surface area (Å²) in [7, 11) is 0. The summed E-state index contributed by atoms with van der Waals surface area (Å²) >= 11 is 0. The van der Waals surface area contributed by atoms with E-state index in [9.17, 15) is 4.79 Å². The van der Waals surface area contributed by atoms with Crippen molar-refractivity contribution in [2.24, 2.45) is 0 Å². The number of nitrogens with two attached hydrogens (primary N) is 1. The highest BCUT2D eigenvalue weighted by molar-refractivity contribution is 6.05. The van der Waals surface area contributed by atoms with Gasteiger partial charge >= 0.3 is 0 Å². The Morgan fingerprint density at radius 3 is 2.75 bits per heavy atom. The minimum atomic E-state index is -0.179. The molecule has 1 amide bonds. The summed E-state index contributed by atoms with van der Waals surface area (Å²) in [5.74, 6) is 1.14. The molecule has 0 saturated heterocycles. The molecule has 102 valence electrons. The van der Waals surface area contributed by atoms with E-state index in [1.807, 2.05) is 6.92 Å².